The summed E-state index contributed by atoms with van der Waals surface area (Å²) in [4.78, 5) is 12.5. The fraction of sp³-hybridized carbons (Fsp3) is 0.167. The van der Waals surface area contributed by atoms with Crippen molar-refractivity contribution in [1.82, 2.24) is 15.0 Å². The Bertz CT molecular complexity index is 898. The van der Waals surface area contributed by atoms with E-state index in [1.807, 2.05) is 37.3 Å². The molecule has 0 saturated carbocycles. The zero-order chi connectivity index (χ0) is 17.8. The Morgan fingerprint density at radius 1 is 1.12 bits per heavy atom. The maximum absolute atomic E-state index is 9.63. The van der Waals surface area contributed by atoms with Crippen LogP contribution in [0.25, 0.3) is 11.1 Å². The van der Waals surface area contributed by atoms with Gasteiger partial charge in [0.1, 0.15) is 5.75 Å². The predicted molar refractivity (Wildman–Crippen MR) is 97.5 cm³/mol. The van der Waals surface area contributed by atoms with Crippen molar-refractivity contribution in [1.29, 1.82) is 0 Å². The van der Waals surface area contributed by atoms with E-state index in [0.717, 1.165) is 28.3 Å². The summed E-state index contributed by atoms with van der Waals surface area (Å²) in [5, 5.41) is 15.5. The molecule has 0 aliphatic carbocycles. The number of rotatable bonds is 5. The summed E-state index contributed by atoms with van der Waals surface area (Å²) in [6.45, 7) is 1.95. The molecule has 1 aromatic carbocycles. The maximum atomic E-state index is 9.63. The van der Waals surface area contributed by atoms with Crippen molar-refractivity contribution in [3.8, 4) is 22.6 Å². The number of ether oxygens (including phenoxy) is 1. The van der Waals surface area contributed by atoms with Gasteiger partial charge in [-0.25, -0.2) is 4.98 Å². The summed E-state index contributed by atoms with van der Waals surface area (Å²) in [5.41, 5.74) is 3.73. The van der Waals surface area contributed by atoms with Crippen molar-refractivity contribution < 1.29 is 9.84 Å². The zero-order valence-electron chi connectivity index (χ0n) is 14.2. The van der Waals surface area contributed by atoms with Crippen LogP contribution in [-0.4, -0.2) is 34.2 Å². The molecule has 0 fully saturated rings. The van der Waals surface area contributed by atoms with E-state index in [0.29, 0.717) is 11.8 Å². The number of aromatic nitrogens is 3. The number of aromatic hydroxyl groups is 1. The number of anilines is 3. The van der Waals surface area contributed by atoms with Crippen LogP contribution < -0.4 is 15.4 Å². The van der Waals surface area contributed by atoms with Crippen LogP contribution >= 0.6 is 0 Å². The molecule has 0 aliphatic heterocycles. The Hall–Kier alpha value is -3.35. The largest absolute Gasteiger partial charge is 0.503 e. The summed E-state index contributed by atoms with van der Waals surface area (Å²) in [6.07, 6.45) is 3.12. The fourth-order valence-electron chi connectivity index (χ4n) is 2.47. The highest BCUT2D eigenvalue weighted by Gasteiger charge is 2.09. The van der Waals surface area contributed by atoms with E-state index in [1.165, 1.54) is 6.20 Å². The van der Waals surface area contributed by atoms with Gasteiger partial charge in [-0.1, -0.05) is 0 Å². The highest BCUT2D eigenvalue weighted by Crippen LogP contribution is 2.33. The Morgan fingerprint density at radius 3 is 2.68 bits per heavy atom. The number of methoxy groups -OCH3 is 1. The molecule has 128 valence electrons. The second-order valence-electron chi connectivity index (χ2n) is 5.40. The zero-order valence-corrected chi connectivity index (χ0v) is 14.2. The molecule has 3 N–H and O–H groups in total. The van der Waals surface area contributed by atoms with Crippen molar-refractivity contribution in [2.75, 3.05) is 24.8 Å². The average molecular weight is 337 g/mol. The summed E-state index contributed by atoms with van der Waals surface area (Å²) >= 11 is 0. The fourth-order valence-corrected chi connectivity index (χ4v) is 2.47. The minimum absolute atomic E-state index is 0.00552. The quantitative estimate of drug-likeness (QED) is 0.657. The van der Waals surface area contributed by atoms with Gasteiger partial charge in [0.05, 0.1) is 13.3 Å². The number of benzene rings is 1. The third-order valence-corrected chi connectivity index (χ3v) is 3.67. The third kappa shape index (κ3) is 3.60. The number of nitrogens with zero attached hydrogens (tertiary/aromatic N) is 3. The highest BCUT2D eigenvalue weighted by atomic mass is 16.5. The van der Waals surface area contributed by atoms with Gasteiger partial charge < -0.3 is 20.5 Å². The van der Waals surface area contributed by atoms with Crippen LogP contribution in [0.1, 0.15) is 5.69 Å². The smallest absolute Gasteiger partial charge is 0.229 e. The van der Waals surface area contributed by atoms with Crippen LogP contribution in [0.2, 0.25) is 0 Å². The summed E-state index contributed by atoms with van der Waals surface area (Å²) in [6, 6.07) is 9.71. The average Bonchev–Trinajstić information content (AvgIpc) is 2.63. The Kier molecular flexibility index (Phi) is 4.65. The molecule has 7 heteroatoms. The van der Waals surface area contributed by atoms with Gasteiger partial charge in [0, 0.05) is 36.3 Å². The van der Waals surface area contributed by atoms with Gasteiger partial charge in [0.25, 0.3) is 0 Å². The number of hydrogen-bond donors (Lipinski definition) is 3. The first-order chi connectivity index (χ1) is 12.1. The lowest BCUT2D eigenvalue weighted by molar-refractivity contribution is 0.416. The molecule has 0 unspecified atom stereocenters. The molecular formula is C18H19N5O2. The summed E-state index contributed by atoms with van der Waals surface area (Å²) in [7, 11) is 3.31. The van der Waals surface area contributed by atoms with Gasteiger partial charge in [0.2, 0.25) is 5.95 Å². The molecular weight excluding hydrogens is 318 g/mol. The van der Waals surface area contributed by atoms with Crippen LogP contribution in [-0.2, 0) is 0 Å². The van der Waals surface area contributed by atoms with Gasteiger partial charge in [-0.3, -0.25) is 4.98 Å². The highest BCUT2D eigenvalue weighted by molar-refractivity contribution is 5.74. The lowest BCUT2D eigenvalue weighted by Crippen LogP contribution is -2.01. The van der Waals surface area contributed by atoms with E-state index in [4.69, 9.17) is 4.74 Å². The van der Waals surface area contributed by atoms with Crippen LogP contribution in [0, 0.1) is 6.92 Å². The molecule has 0 spiro atoms. The molecule has 0 bridgehead atoms. The van der Waals surface area contributed by atoms with Crippen LogP contribution in [0.3, 0.4) is 0 Å². The van der Waals surface area contributed by atoms with E-state index >= 15 is 0 Å². The monoisotopic (exact) mass is 337 g/mol. The van der Waals surface area contributed by atoms with Gasteiger partial charge in [-0.15, -0.1) is 0 Å². The number of hydrogen-bond acceptors (Lipinski definition) is 7. The molecule has 2 aromatic heterocycles. The second-order valence-corrected chi connectivity index (χ2v) is 5.40. The second kappa shape index (κ2) is 7.04. The molecule has 25 heavy (non-hydrogen) atoms. The van der Waals surface area contributed by atoms with Crippen molar-refractivity contribution >= 4 is 17.5 Å². The van der Waals surface area contributed by atoms with E-state index in [9.17, 15) is 5.11 Å². The minimum Gasteiger partial charge on any atom is -0.503 e. The van der Waals surface area contributed by atoms with Gasteiger partial charge in [0.15, 0.2) is 11.6 Å². The van der Waals surface area contributed by atoms with Crippen molar-refractivity contribution in [2.24, 2.45) is 0 Å². The molecule has 0 amide bonds. The molecule has 0 saturated heterocycles. The number of nitrogens with one attached hydrogen (secondary N) is 2. The molecule has 3 rings (SSSR count). The van der Waals surface area contributed by atoms with E-state index in [1.54, 1.807) is 20.4 Å². The molecule has 2 heterocycles. The van der Waals surface area contributed by atoms with Crippen LogP contribution in [0.5, 0.6) is 11.5 Å². The minimum atomic E-state index is -0.00552. The standard InChI is InChI=1S/C18H19N5O2/c1-11-8-12(6-7-20-11)14-5-4-13(9-16(14)25-3)22-18-21-10-15(24)17(19-2)23-18/h4-10,24H,1-3H3,(H2,19,21,22,23). The van der Waals surface area contributed by atoms with Crippen molar-refractivity contribution in [2.45, 2.75) is 6.92 Å². The van der Waals surface area contributed by atoms with Crippen LogP contribution in [0.15, 0.2) is 42.7 Å². The first-order valence-corrected chi connectivity index (χ1v) is 7.72. The number of pyridine rings is 1. The van der Waals surface area contributed by atoms with Gasteiger partial charge in [-0.05, 0) is 36.8 Å². The predicted octanol–water partition coefficient (Wildman–Crippen LogP) is 3.35. The maximum Gasteiger partial charge on any atom is 0.229 e. The summed E-state index contributed by atoms with van der Waals surface area (Å²) in [5.74, 6) is 1.45. The summed E-state index contributed by atoms with van der Waals surface area (Å²) < 4.78 is 5.53. The lowest BCUT2D eigenvalue weighted by Gasteiger charge is -2.12. The molecule has 7 nitrogen and oxygen atoms in total. The molecule has 0 atom stereocenters. The SMILES string of the molecule is CNc1nc(Nc2ccc(-c3ccnc(C)c3)c(OC)c2)ncc1O. The van der Waals surface area contributed by atoms with Crippen molar-refractivity contribution in [3.05, 3.63) is 48.4 Å². The first kappa shape index (κ1) is 16.5. The molecule has 3 aromatic rings. The van der Waals surface area contributed by atoms with E-state index in [2.05, 4.69) is 25.6 Å². The molecule has 0 aliphatic rings. The lowest BCUT2D eigenvalue weighted by atomic mass is 10.0. The number of aryl methyl sites for hydroxylation is 1. The van der Waals surface area contributed by atoms with Gasteiger partial charge >= 0.3 is 0 Å². The van der Waals surface area contributed by atoms with Crippen LogP contribution in [0.4, 0.5) is 17.5 Å². The van der Waals surface area contributed by atoms with E-state index < -0.39 is 0 Å². The topological polar surface area (TPSA) is 92.2 Å². The Morgan fingerprint density at radius 2 is 1.96 bits per heavy atom. The third-order valence-electron chi connectivity index (χ3n) is 3.67. The Labute approximate surface area is 145 Å². The normalized spacial score (nSPS) is 10.4. The Balaban J connectivity index is 1.91. The van der Waals surface area contributed by atoms with Crippen molar-refractivity contribution in [3.63, 3.8) is 0 Å². The first-order valence-electron chi connectivity index (χ1n) is 7.72. The molecule has 0 radical (unpaired) electrons. The van der Waals surface area contributed by atoms with Gasteiger partial charge in [-0.2, -0.15) is 4.98 Å². The van der Waals surface area contributed by atoms with E-state index in [-0.39, 0.29) is 5.75 Å².